The van der Waals surface area contributed by atoms with E-state index in [4.69, 9.17) is 11.6 Å². The van der Waals surface area contributed by atoms with Crippen molar-refractivity contribution < 1.29 is 4.79 Å². The Bertz CT molecular complexity index is 192. The summed E-state index contributed by atoms with van der Waals surface area (Å²) >= 11 is 5.54. The zero-order valence-corrected chi connectivity index (χ0v) is 9.94. The lowest BCUT2D eigenvalue weighted by Gasteiger charge is -2.20. The molecule has 3 heteroatoms. The average molecular weight is 218 g/mol. The van der Waals surface area contributed by atoms with Crippen LogP contribution in [-0.2, 0) is 4.79 Å². The number of alkyl halides is 1. The van der Waals surface area contributed by atoms with E-state index in [0.717, 1.165) is 25.0 Å². The number of rotatable bonds is 7. The summed E-state index contributed by atoms with van der Waals surface area (Å²) < 4.78 is 0. The summed E-state index contributed by atoms with van der Waals surface area (Å²) in [5.74, 6) is 0.848. The van der Waals surface area contributed by atoms with Gasteiger partial charge in [-0.15, -0.1) is 11.6 Å². The first-order valence-electron chi connectivity index (χ1n) is 5.10. The van der Waals surface area contributed by atoms with Gasteiger partial charge in [0.05, 0.1) is 0 Å². The highest BCUT2D eigenvalue weighted by Gasteiger charge is 2.10. The van der Waals surface area contributed by atoms with Crippen LogP contribution in [0.15, 0.2) is 12.2 Å². The van der Waals surface area contributed by atoms with Gasteiger partial charge in [0.25, 0.3) is 0 Å². The predicted octanol–water partition coefficient (Wildman–Crippen LogP) is 2.82. The lowest BCUT2D eigenvalue weighted by atomic mass is 10.2. The van der Waals surface area contributed by atoms with E-state index in [9.17, 15) is 4.79 Å². The number of nitrogens with zero attached hydrogens (tertiary/aromatic N) is 1. The quantitative estimate of drug-likeness (QED) is 0.365. The van der Waals surface area contributed by atoms with Gasteiger partial charge >= 0.3 is 0 Å². The highest BCUT2D eigenvalue weighted by atomic mass is 35.5. The molecule has 0 heterocycles. The van der Waals surface area contributed by atoms with Gasteiger partial charge < -0.3 is 4.90 Å². The first-order chi connectivity index (χ1) is 6.61. The molecule has 0 unspecified atom stereocenters. The summed E-state index contributed by atoms with van der Waals surface area (Å²) in [4.78, 5) is 13.5. The fourth-order valence-electron chi connectivity index (χ4n) is 1.23. The average Bonchev–Trinajstić information content (AvgIpc) is 2.14. The molecule has 0 aromatic rings. The number of unbranched alkanes of at least 4 members (excludes halogenated alkanes) is 1. The van der Waals surface area contributed by atoms with Crippen molar-refractivity contribution in [2.24, 2.45) is 0 Å². The Balaban J connectivity index is 3.85. The van der Waals surface area contributed by atoms with Crippen molar-refractivity contribution in [3.05, 3.63) is 12.2 Å². The Hall–Kier alpha value is -0.500. The smallest absolute Gasteiger partial charge is 0.222 e. The molecule has 0 aromatic carbocycles. The van der Waals surface area contributed by atoms with Crippen molar-refractivity contribution in [1.29, 1.82) is 0 Å². The summed E-state index contributed by atoms with van der Waals surface area (Å²) in [6, 6.07) is 0. The normalized spacial score (nSPS) is 9.93. The van der Waals surface area contributed by atoms with Crippen LogP contribution in [0, 0.1) is 0 Å². The minimum atomic E-state index is 0.209. The number of carbonyl (C=O) groups is 1. The maximum atomic E-state index is 11.6. The molecule has 0 radical (unpaired) electrons. The molecule has 1 amide bonds. The first kappa shape index (κ1) is 13.5. The summed E-state index contributed by atoms with van der Waals surface area (Å²) in [7, 11) is 0. The minimum absolute atomic E-state index is 0.209. The molecule has 0 spiro atoms. The second-order valence-electron chi connectivity index (χ2n) is 3.51. The van der Waals surface area contributed by atoms with Crippen LogP contribution >= 0.6 is 11.6 Å². The fraction of sp³-hybridized carbons (Fsp3) is 0.727. The van der Waals surface area contributed by atoms with Gasteiger partial charge in [-0.2, -0.15) is 0 Å². The molecular formula is C11H20ClNO. The molecule has 82 valence electrons. The monoisotopic (exact) mass is 217 g/mol. The third-order valence-electron chi connectivity index (χ3n) is 1.97. The molecule has 0 rings (SSSR count). The lowest BCUT2D eigenvalue weighted by molar-refractivity contribution is -0.130. The highest BCUT2D eigenvalue weighted by molar-refractivity contribution is 6.17. The number of hydrogen-bond acceptors (Lipinski definition) is 1. The number of hydrogen-bond donors (Lipinski definition) is 0. The van der Waals surface area contributed by atoms with E-state index in [-0.39, 0.29) is 5.91 Å². The summed E-state index contributed by atoms with van der Waals surface area (Å²) in [6.07, 6.45) is 2.40. The third kappa shape index (κ3) is 6.03. The first-order valence-corrected chi connectivity index (χ1v) is 5.63. The molecule has 0 aliphatic heterocycles. The Morgan fingerprint density at radius 1 is 1.43 bits per heavy atom. The minimum Gasteiger partial charge on any atom is -0.339 e. The van der Waals surface area contributed by atoms with Gasteiger partial charge in [-0.3, -0.25) is 4.79 Å². The van der Waals surface area contributed by atoms with Crippen LogP contribution in [0.4, 0.5) is 0 Å². The molecule has 0 aliphatic carbocycles. The van der Waals surface area contributed by atoms with Crippen molar-refractivity contribution >= 4 is 17.5 Å². The van der Waals surface area contributed by atoms with Crippen LogP contribution < -0.4 is 0 Å². The topological polar surface area (TPSA) is 20.3 Å². The Morgan fingerprint density at radius 2 is 2.07 bits per heavy atom. The van der Waals surface area contributed by atoms with Gasteiger partial charge in [-0.1, -0.05) is 12.2 Å². The molecular weight excluding hydrogens is 198 g/mol. The molecule has 0 saturated carbocycles. The second kappa shape index (κ2) is 7.86. The third-order valence-corrected chi connectivity index (χ3v) is 2.24. The van der Waals surface area contributed by atoms with Gasteiger partial charge in [0.2, 0.25) is 5.91 Å². The van der Waals surface area contributed by atoms with Gasteiger partial charge in [0.15, 0.2) is 0 Å². The van der Waals surface area contributed by atoms with Crippen molar-refractivity contribution in [1.82, 2.24) is 4.90 Å². The molecule has 0 atom stereocenters. The summed E-state index contributed by atoms with van der Waals surface area (Å²) in [5.41, 5.74) is 1.03. The molecule has 14 heavy (non-hydrogen) atoms. The van der Waals surface area contributed by atoms with Crippen molar-refractivity contribution in [3.8, 4) is 0 Å². The van der Waals surface area contributed by atoms with Crippen LogP contribution in [0.1, 0.15) is 33.1 Å². The van der Waals surface area contributed by atoms with Crippen LogP contribution in [0.3, 0.4) is 0 Å². The van der Waals surface area contributed by atoms with E-state index in [1.807, 2.05) is 18.7 Å². The molecule has 0 fully saturated rings. The molecule has 0 saturated heterocycles. The molecule has 2 nitrogen and oxygen atoms in total. The van der Waals surface area contributed by atoms with E-state index >= 15 is 0 Å². The lowest BCUT2D eigenvalue weighted by Crippen LogP contribution is -2.31. The SMILES string of the molecule is C=C(C)CN(CC)C(=O)CCCCCl. The predicted molar refractivity (Wildman–Crippen MR) is 61.6 cm³/mol. The number of carbonyl (C=O) groups excluding carboxylic acids is 1. The Morgan fingerprint density at radius 3 is 2.50 bits per heavy atom. The van der Waals surface area contributed by atoms with Crippen LogP contribution in [-0.4, -0.2) is 29.8 Å². The van der Waals surface area contributed by atoms with Gasteiger partial charge in [0, 0.05) is 25.4 Å². The molecule has 0 bridgehead atoms. The molecule has 0 N–H and O–H groups in total. The van der Waals surface area contributed by atoms with Gasteiger partial charge in [-0.25, -0.2) is 0 Å². The van der Waals surface area contributed by atoms with Gasteiger partial charge in [0.1, 0.15) is 0 Å². The largest absolute Gasteiger partial charge is 0.339 e. The molecule has 0 aromatic heterocycles. The van der Waals surface area contributed by atoms with E-state index in [1.165, 1.54) is 0 Å². The highest BCUT2D eigenvalue weighted by Crippen LogP contribution is 2.04. The summed E-state index contributed by atoms with van der Waals surface area (Å²) in [5, 5.41) is 0. The standard InChI is InChI=1S/C11H20ClNO/c1-4-13(9-10(2)3)11(14)7-5-6-8-12/h2,4-9H2,1,3H3. The second-order valence-corrected chi connectivity index (χ2v) is 3.89. The fourth-order valence-corrected chi connectivity index (χ4v) is 1.42. The van der Waals surface area contributed by atoms with Gasteiger partial charge in [-0.05, 0) is 26.7 Å². The van der Waals surface area contributed by atoms with Crippen molar-refractivity contribution in [2.75, 3.05) is 19.0 Å². The Kier molecular flexibility index (Phi) is 7.58. The van der Waals surface area contributed by atoms with Crippen LogP contribution in [0.5, 0.6) is 0 Å². The maximum absolute atomic E-state index is 11.6. The van der Waals surface area contributed by atoms with Crippen molar-refractivity contribution in [3.63, 3.8) is 0 Å². The summed E-state index contributed by atoms with van der Waals surface area (Å²) in [6.45, 7) is 9.17. The zero-order chi connectivity index (χ0) is 11.0. The van der Waals surface area contributed by atoms with E-state index in [2.05, 4.69) is 6.58 Å². The molecule has 0 aliphatic rings. The maximum Gasteiger partial charge on any atom is 0.222 e. The number of amides is 1. The Labute approximate surface area is 91.9 Å². The van der Waals surface area contributed by atoms with E-state index in [1.54, 1.807) is 0 Å². The number of halogens is 1. The van der Waals surface area contributed by atoms with E-state index < -0.39 is 0 Å². The van der Waals surface area contributed by atoms with Crippen molar-refractivity contribution in [2.45, 2.75) is 33.1 Å². The number of likely N-dealkylation sites (N-methyl/N-ethyl adjacent to an activating group) is 1. The zero-order valence-electron chi connectivity index (χ0n) is 9.18. The van der Waals surface area contributed by atoms with E-state index in [0.29, 0.717) is 18.8 Å². The van der Waals surface area contributed by atoms with Crippen LogP contribution in [0.25, 0.3) is 0 Å². The van der Waals surface area contributed by atoms with Crippen LogP contribution in [0.2, 0.25) is 0 Å².